The van der Waals surface area contributed by atoms with Crippen LogP contribution in [0, 0.1) is 0 Å². The van der Waals surface area contributed by atoms with Crippen LogP contribution in [0.2, 0.25) is 0 Å². The van der Waals surface area contributed by atoms with Crippen molar-refractivity contribution in [1.29, 1.82) is 0 Å². The molecule has 1 aliphatic rings. The number of hydrogen-bond acceptors (Lipinski definition) is 6. The number of aliphatic carboxylic acids is 1. The molecule has 3 rings (SSSR count). The zero-order chi connectivity index (χ0) is 12.5. The summed E-state index contributed by atoms with van der Waals surface area (Å²) in [5.41, 5.74) is 1.20. The van der Waals surface area contributed by atoms with Crippen LogP contribution in [-0.2, 0) is 11.2 Å². The fourth-order valence-electron chi connectivity index (χ4n) is 1.82. The van der Waals surface area contributed by atoms with Crippen LogP contribution in [0.4, 0.5) is 10.8 Å². The number of carboxylic acids is 1. The molecule has 0 atom stereocenters. The lowest BCUT2D eigenvalue weighted by Gasteiger charge is -2.24. The lowest BCUT2D eigenvalue weighted by molar-refractivity contribution is -0.132. The standard InChI is InChI=1S/C11H8N4O2S/c16-11(17)8-4-7-2-1-3-12-10(7)15(6-8)9-5-13-14-18-9/h1-3,5-6H,4H2,(H,16,17). The molecular weight excluding hydrogens is 252 g/mol. The van der Waals surface area contributed by atoms with E-state index in [2.05, 4.69) is 14.6 Å². The molecule has 6 nitrogen and oxygen atoms in total. The summed E-state index contributed by atoms with van der Waals surface area (Å²) in [6.07, 6.45) is 5.22. The molecule has 0 aliphatic carbocycles. The van der Waals surface area contributed by atoms with Gasteiger partial charge in [0.1, 0.15) is 10.8 Å². The summed E-state index contributed by atoms with van der Waals surface area (Å²) in [6.45, 7) is 0. The van der Waals surface area contributed by atoms with Gasteiger partial charge in [-0.2, -0.15) is 0 Å². The molecule has 0 saturated carbocycles. The predicted octanol–water partition coefficient (Wildman–Crippen LogP) is 1.60. The number of rotatable bonds is 2. The minimum Gasteiger partial charge on any atom is -0.478 e. The average molecular weight is 260 g/mol. The van der Waals surface area contributed by atoms with E-state index in [4.69, 9.17) is 5.11 Å². The predicted molar refractivity (Wildman–Crippen MR) is 65.7 cm³/mol. The number of pyridine rings is 1. The SMILES string of the molecule is O=C(O)C1=CN(c2cnns2)c2ncccc2C1. The van der Waals surface area contributed by atoms with Crippen molar-refractivity contribution in [2.45, 2.75) is 6.42 Å². The highest BCUT2D eigenvalue weighted by atomic mass is 32.1. The summed E-state index contributed by atoms with van der Waals surface area (Å²) in [5.74, 6) is -0.194. The van der Waals surface area contributed by atoms with Crippen LogP contribution in [-0.4, -0.2) is 25.6 Å². The maximum Gasteiger partial charge on any atom is 0.333 e. The first-order valence-corrected chi connectivity index (χ1v) is 5.97. The largest absolute Gasteiger partial charge is 0.478 e. The van der Waals surface area contributed by atoms with Gasteiger partial charge in [0.2, 0.25) is 0 Å². The van der Waals surface area contributed by atoms with E-state index in [9.17, 15) is 4.79 Å². The molecule has 90 valence electrons. The highest BCUT2D eigenvalue weighted by Gasteiger charge is 2.24. The van der Waals surface area contributed by atoms with E-state index in [1.165, 1.54) is 11.5 Å². The topological polar surface area (TPSA) is 79.2 Å². The summed E-state index contributed by atoms with van der Waals surface area (Å²) in [4.78, 5) is 17.1. The Bertz CT molecular complexity index is 624. The van der Waals surface area contributed by atoms with E-state index in [1.807, 2.05) is 6.07 Å². The summed E-state index contributed by atoms with van der Waals surface area (Å²) >= 11 is 1.19. The van der Waals surface area contributed by atoms with Gasteiger partial charge in [-0.3, -0.25) is 4.90 Å². The van der Waals surface area contributed by atoms with Crippen LogP contribution in [0.25, 0.3) is 0 Å². The quantitative estimate of drug-likeness (QED) is 0.883. The number of nitrogens with zero attached hydrogens (tertiary/aromatic N) is 4. The second kappa shape index (κ2) is 4.19. The molecule has 2 aromatic rings. The number of carbonyl (C=O) groups is 1. The fraction of sp³-hybridized carbons (Fsp3) is 0.0909. The Kier molecular flexibility index (Phi) is 2.52. The monoisotopic (exact) mass is 260 g/mol. The molecule has 0 fully saturated rings. The van der Waals surface area contributed by atoms with Crippen molar-refractivity contribution < 1.29 is 9.90 Å². The smallest absolute Gasteiger partial charge is 0.333 e. The van der Waals surface area contributed by atoms with Gasteiger partial charge in [-0.15, -0.1) is 5.10 Å². The van der Waals surface area contributed by atoms with Crippen LogP contribution in [0.3, 0.4) is 0 Å². The summed E-state index contributed by atoms with van der Waals surface area (Å²) in [5, 5.41) is 13.6. The molecule has 1 aliphatic heterocycles. The minimum absolute atomic E-state index is 0.323. The Labute approximate surface area is 106 Å². The fourth-order valence-corrected chi connectivity index (χ4v) is 2.32. The van der Waals surface area contributed by atoms with Gasteiger partial charge in [0.05, 0.1) is 11.8 Å². The van der Waals surface area contributed by atoms with Crippen LogP contribution in [0.15, 0.2) is 36.3 Å². The van der Waals surface area contributed by atoms with Crippen molar-refractivity contribution in [3.8, 4) is 0 Å². The van der Waals surface area contributed by atoms with E-state index in [0.29, 0.717) is 12.0 Å². The summed E-state index contributed by atoms with van der Waals surface area (Å²) in [6, 6.07) is 3.67. The zero-order valence-electron chi connectivity index (χ0n) is 9.15. The molecular formula is C11H8N4O2S. The van der Waals surface area contributed by atoms with Gasteiger partial charge in [0.25, 0.3) is 0 Å². The van der Waals surface area contributed by atoms with Crippen LogP contribution in [0.5, 0.6) is 0 Å². The van der Waals surface area contributed by atoms with Crippen LogP contribution < -0.4 is 4.90 Å². The highest BCUT2D eigenvalue weighted by Crippen LogP contribution is 2.34. The molecule has 1 N–H and O–H groups in total. The van der Waals surface area contributed by atoms with Gasteiger partial charge in [0.15, 0.2) is 0 Å². The third-order valence-electron chi connectivity index (χ3n) is 2.62. The third kappa shape index (κ3) is 1.74. The molecule has 0 saturated heterocycles. The second-order valence-corrected chi connectivity index (χ2v) is 4.51. The lowest BCUT2D eigenvalue weighted by atomic mass is 10.0. The Morgan fingerprint density at radius 1 is 1.50 bits per heavy atom. The van der Waals surface area contributed by atoms with E-state index in [0.717, 1.165) is 16.4 Å². The molecule has 0 amide bonds. The molecule has 0 aromatic carbocycles. The number of hydrogen-bond donors (Lipinski definition) is 1. The van der Waals surface area contributed by atoms with Crippen molar-refractivity contribution >= 4 is 28.3 Å². The van der Waals surface area contributed by atoms with Gasteiger partial charge in [0, 0.05) is 35.9 Å². The van der Waals surface area contributed by atoms with E-state index in [-0.39, 0.29) is 0 Å². The second-order valence-electron chi connectivity index (χ2n) is 3.75. The molecule has 0 radical (unpaired) electrons. The third-order valence-corrected chi connectivity index (χ3v) is 3.29. The van der Waals surface area contributed by atoms with Crippen molar-refractivity contribution in [1.82, 2.24) is 14.6 Å². The van der Waals surface area contributed by atoms with Crippen molar-refractivity contribution in [2.24, 2.45) is 0 Å². The van der Waals surface area contributed by atoms with E-state index in [1.54, 1.807) is 29.6 Å². The first-order valence-electron chi connectivity index (χ1n) is 5.20. The maximum atomic E-state index is 11.1. The van der Waals surface area contributed by atoms with Crippen LogP contribution >= 0.6 is 11.5 Å². The Morgan fingerprint density at radius 3 is 3.11 bits per heavy atom. The number of aromatic nitrogens is 3. The van der Waals surface area contributed by atoms with Crippen molar-refractivity contribution in [3.63, 3.8) is 0 Å². The molecule has 7 heteroatoms. The Balaban J connectivity index is 2.13. The maximum absolute atomic E-state index is 11.1. The van der Waals surface area contributed by atoms with Gasteiger partial charge >= 0.3 is 5.97 Å². The Hall–Kier alpha value is -2.28. The average Bonchev–Trinajstić information content (AvgIpc) is 2.91. The molecule has 0 spiro atoms. The van der Waals surface area contributed by atoms with Crippen molar-refractivity contribution in [3.05, 3.63) is 41.9 Å². The van der Waals surface area contributed by atoms with Gasteiger partial charge in [-0.05, 0) is 6.07 Å². The molecule has 0 unspecified atom stereocenters. The molecule has 0 bridgehead atoms. The molecule has 2 aromatic heterocycles. The highest BCUT2D eigenvalue weighted by molar-refractivity contribution is 7.10. The minimum atomic E-state index is -0.924. The van der Waals surface area contributed by atoms with Crippen LogP contribution in [0.1, 0.15) is 5.56 Å². The zero-order valence-corrected chi connectivity index (χ0v) is 9.96. The Morgan fingerprint density at radius 2 is 2.39 bits per heavy atom. The number of carboxylic acid groups (broad SMARTS) is 1. The summed E-state index contributed by atoms with van der Waals surface area (Å²) < 4.78 is 3.79. The van der Waals surface area contributed by atoms with Gasteiger partial charge < -0.3 is 5.11 Å². The van der Waals surface area contributed by atoms with Crippen molar-refractivity contribution in [2.75, 3.05) is 4.90 Å². The number of anilines is 2. The van der Waals surface area contributed by atoms with Gasteiger partial charge in [-0.25, -0.2) is 9.78 Å². The molecule has 18 heavy (non-hydrogen) atoms. The lowest BCUT2D eigenvalue weighted by Crippen LogP contribution is -2.20. The normalized spacial score (nSPS) is 14.0. The first-order chi connectivity index (χ1) is 8.75. The van der Waals surface area contributed by atoms with E-state index >= 15 is 0 Å². The summed E-state index contributed by atoms with van der Waals surface area (Å²) in [7, 11) is 0. The first kappa shape index (κ1) is 10.8. The van der Waals surface area contributed by atoms with Gasteiger partial charge in [-0.1, -0.05) is 10.6 Å². The van der Waals surface area contributed by atoms with E-state index < -0.39 is 5.97 Å². The molecule has 3 heterocycles. The number of fused-ring (bicyclic) bond motifs is 1.